The van der Waals surface area contributed by atoms with E-state index in [1.807, 2.05) is 36.3 Å². The van der Waals surface area contributed by atoms with Gasteiger partial charge in [-0.3, -0.25) is 4.79 Å². The third-order valence-electron chi connectivity index (χ3n) is 2.33. The molecule has 16 heavy (non-hydrogen) atoms. The highest BCUT2D eigenvalue weighted by Gasteiger charge is 2.12. The minimum absolute atomic E-state index is 0.0714. The zero-order chi connectivity index (χ0) is 12.0. The summed E-state index contributed by atoms with van der Waals surface area (Å²) in [5, 5.41) is 2.83. The first-order valence-electron chi connectivity index (χ1n) is 5.26. The Kier molecular flexibility index (Phi) is 5.42. The zero-order valence-electron chi connectivity index (χ0n) is 9.77. The van der Waals surface area contributed by atoms with Gasteiger partial charge < -0.3 is 15.6 Å². The second kappa shape index (κ2) is 6.60. The number of thioether (sulfide) groups is 1. The Labute approximate surface area is 101 Å². The minimum Gasteiger partial charge on any atom is -0.357 e. The van der Waals surface area contributed by atoms with Crippen molar-refractivity contribution in [3.63, 3.8) is 0 Å². The maximum absolute atomic E-state index is 11.6. The van der Waals surface area contributed by atoms with Crippen LogP contribution in [0.15, 0.2) is 18.5 Å². The summed E-state index contributed by atoms with van der Waals surface area (Å²) in [6.07, 6.45) is 6.67. The van der Waals surface area contributed by atoms with Gasteiger partial charge in [0.25, 0.3) is 0 Å². The predicted molar refractivity (Wildman–Crippen MR) is 68.2 cm³/mol. The zero-order valence-corrected chi connectivity index (χ0v) is 10.6. The molecule has 0 aliphatic heterocycles. The van der Waals surface area contributed by atoms with E-state index in [1.54, 1.807) is 11.8 Å². The van der Waals surface area contributed by atoms with Gasteiger partial charge in [0.15, 0.2) is 0 Å². The highest BCUT2D eigenvalue weighted by molar-refractivity contribution is 7.98. The van der Waals surface area contributed by atoms with E-state index in [2.05, 4.69) is 5.32 Å². The molecule has 90 valence electrons. The van der Waals surface area contributed by atoms with Crippen LogP contribution in [0, 0.1) is 0 Å². The van der Waals surface area contributed by atoms with Crippen LogP contribution >= 0.6 is 11.8 Å². The SMILES string of the molecule is CSCC[C@H](N)C(=O)NCc1ccn(C)c1. The van der Waals surface area contributed by atoms with Gasteiger partial charge in [-0.15, -0.1) is 0 Å². The molecule has 1 aromatic rings. The number of rotatable bonds is 6. The van der Waals surface area contributed by atoms with Crippen molar-refractivity contribution in [2.75, 3.05) is 12.0 Å². The lowest BCUT2D eigenvalue weighted by atomic mass is 10.2. The van der Waals surface area contributed by atoms with Gasteiger partial charge in [0.1, 0.15) is 0 Å². The lowest BCUT2D eigenvalue weighted by molar-refractivity contribution is -0.122. The molecular weight excluding hydrogens is 222 g/mol. The summed E-state index contributed by atoms with van der Waals surface area (Å²) in [7, 11) is 1.95. The Hall–Kier alpha value is -0.940. The molecule has 0 spiro atoms. The fourth-order valence-corrected chi connectivity index (χ4v) is 1.85. The molecule has 0 aliphatic rings. The monoisotopic (exact) mass is 241 g/mol. The summed E-state index contributed by atoms with van der Waals surface area (Å²) in [5.74, 6) is 0.845. The Morgan fingerprint density at radius 3 is 3.00 bits per heavy atom. The fourth-order valence-electron chi connectivity index (χ4n) is 1.36. The molecule has 0 saturated carbocycles. The molecule has 1 heterocycles. The number of amides is 1. The Morgan fingerprint density at radius 1 is 1.69 bits per heavy atom. The van der Waals surface area contributed by atoms with Crippen molar-refractivity contribution in [2.24, 2.45) is 12.8 Å². The van der Waals surface area contributed by atoms with E-state index in [9.17, 15) is 4.79 Å². The molecule has 0 unspecified atom stereocenters. The van der Waals surface area contributed by atoms with Crippen LogP contribution < -0.4 is 11.1 Å². The van der Waals surface area contributed by atoms with Crippen molar-refractivity contribution < 1.29 is 4.79 Å². The number of carbonyl (C=O) groups is 1. The first-order chi connectivity index (χ1) is 7.63. The summed E-state index contributed by atoms with van der Waals surface area (Å²) in [6, 6.07) is 1.59. The predicted octanol–water partition coefficient (Wildman–Crippen LogP) is 0.722. The third kappa shape index (κ3) is 4.28. The summed E-state index contributed by atoms with van der Waals surface area (Å²) >= 11 is 1.70. The van der Waals surface area contributed by atoms with Crippen LogP contribution in [0.5, 0.6) is 0 Å². The standard InChI is InChI=1S/C11H19N3OS/c1-14-5-3-9(8-14)7-13-11(15)10(12)4-6-16-2/h3,5,8,10H,4,6-7,12H2,1-2H3,(H,13,15)/t10-/m0/s1. The Balaban J connectivity index is 2.29. The lowest BCUT2D eigenvalue weighted by Gasteiger charge is -2.10. The molecule has 3 N–H and O–H groups in total. The van der Waals surface area contributed by atoms with Crippen LogP contribution in [0.1, 0.15) is 12.0 Å². The van der Waals surface area contributed by atoms with Crippen molar-refractivity contribution in [2.45, 2.75) is 19.0 Å². The van der Waals surface area contributed by atoms with Gasteiger partial charge in [0.05, 0.1) is 6.04 Å². The maximum atomic E-state index is 11.6. The van der Waals surface area contributed by atoms with Crippen LogP contribution in [0.25, 0.3) is 0 Å². The van der Waals surface area contributed by atoms with Gasteiger partial charge in [-0.2, -0.15) is 11.8 Å². The number of nitrogens with one attached hydrogen (secondary N) is 1. The number of nitrogens with two attached hydrogens (primary N) is 1. The van der Waals surface area contributed by atoms with Crippen LogP contribution in [-0.4, -0.2) is 28.5 Å². The normalized spacial score (nSPS) is 12.4. The molecule has 1 rings (SSSR count). The molecule has 5 heteroatoms. The van der Waals surface area contributed by atoms with E-state index >= 15 is 0 Å². The molecule has 1 amide bonds. The second-order valence-electron chi connectivity index (χ2n) is 3.79. The quantitative estimate of drug-likeness (QED) is 0.771. The van der Waals surface area contributed by atoms with E-state index in [1.165, 1.54) is 0 Å². The molecule has 1 atom stereocenters. The van der Waals surface area contributed by atoms with Crippen LogP contribution in [0.3, 0.4) is 0 Å². The molecule has 0 bridgehead atoms. The first kappa shape index (κ1) is 13.1. The molecule has 4 nitrogen and oxygen atoms in total. The smallest absolute Gasteiger partial charge is 0.237 e. The van der Waals surface area contributed by atoms with Crippen LogP contribution in [0.2, 0.25) is 0 Å². The molecule has 0 fully saturated rings. The van der Waals surface area contributed by atoms with Gasteiger partial charge in [-0.25, -0.2) is 0 Å². The van der Waals surface area contributed by atoms with E-state index in [-0.39, 0.29) is 5.91 Å². The second-order valence-corrected chi connectivity index (χ2v) is 4.78. The average molecular weight is 241 g/mol. The number of carbonyl (C=O) groups excluding carboxylic acids is 1. The molecule has 1 aromatic heterocycles. The van der Waals surface area contributed by atoms with E-state index in [0.717, 1.165) is 17.7 Å². The van der Waals surface area contributed by atoms with E-state index in [4.69, 9.17) is 5.73 Å². The Morgan fingerprint density at radius 2 is 2.44 bits per heavy atom. The van der Waals surface area contributed by atoms with Gasteiger partial charge in [0, 0.05) is 26.0 Å². The Bertz CT molecular complexity index is 338. The molecule has 0 aromatic carbocycles. The molecule has 0 saturated heterocycles. The van der Waals surface area contributed by atoms with Gasteiger partial charge in [0.2, 0.25) is 5.91 Å². The number of nitrogens with zero attached hydrogens (tertiary/aromatic N) is 1. The maximum Gasteiger partial charge on any atom is 0.237 e. The largest absolute Gasteiger partial charge is 0.357 e. The summed E-state index contributed by atoms with van der Waals surface area (Å²) in [4.78, 5) is 11.6. The number of hydrogen-bond donors (Lipinski definition) is 2. The highest BCUT2D eigenvalue weighted by Crippen LogP contribution is 2.01. The van der Waals surface area contributed by atoms with Crippen LogP contribution in [0.4, 0.5) is 0 Å². The number of hydrogen-bond acceptors (Lipinski definition) is 3. The van der Waals surface area contributed by atoms with Crippen molar-refractivity contribution >= 4 is 17.7 Å². The van der Waals surface area contributed by atoms with Crippen molar-refractivity contribution in [3.05, 3.63) is 24.0 Å². The van der Waals surface area contributed by atoms with Gasteiger partial charge in [-0.1, -0.05) is 0 Å². The minimum atomic E-state index is -0.392. The van der Waals surface area contributed by atoms with E-state index in [0.29, 0.717) is 6.54 Å². The number of aryl methyl sites for hydroxylation is 1. The van der Waals surface area contributed by atoms with Crippen molar-refractivity contribution in [1.82, 2.24) is 9.88 Å². The van der Waals surface area contributed by atoms with E-state index < -0.39 is 6.04 Å². The van der Waals surface area contributed by atoms with Gasteiger partial charge in [-0.05, 0) is 30.1 Å². The average Bonchev–Trinajstić information content (AvgIpc) is 2.68. The van der Waals surface area contributed by atoms with Crippen molar-refractivity contribution in [1.29, 1.82) is 0 Å². The van der Waals surface area contributed by atoms with Crippen molar-refractivity contribution in [3.8, 4) is 0 Å². The van der Waals surface area contributed by atoms with Crippen LogP contribution in [-0.2, 0) is 18.4 Å². The lowest BCUT2D eigenvalue weighted by Crippen LogP contribution is -2.40. The summed E-state index contributed by atoms with van der Waals surface area (Å²) in [5.41, 5.74) is 6.83. The fraction of sp³-hybridized carbons (Fsp3) is 0.545. The number of aromatic nitrogens is 1. The molecule has 0 radical (unpaired) electrons. The molecular formula is C11H19N3OS. The topological polar surface area (TPSA) is 60.1 Å². The van der Waals surface area contributed by atoms with Gasteiger partial charge >= 0.3 is 0 Å². The molecule has 0 aliphatic carbocycles. The summed E-state index contributed by atoms with van der Waals surface area (Å²) in [6.45, 7) is 0.548. The third-order valence-corrected chi connectivity index (χ3v) is 2.97. The first-order valence-corrected chi connectivity index (χ1v) is 6.66. The summed E-state index contributed by atoms with van der Waals surface area (Å²) < 4.78 is 1.95. The highest BCUT2D eigenvalue weighted by atomic mass is 32.2.